The van der Waals surface area contributed by atoms with Gasteiger partial charge in [0.25, 0.3) is 0 Å². The second-order valence-electron chi connectivity index (χ2n) is 13.3. The first-order valence-corrected chi connectivity index (χ1v) is 15.1. The largest absolute Gasteiger partial charge is 0.444 e. The molecule has 5 unspecified atom stereocenters. The molecule has 3 fully saturated rings. The molecule has 0 radical (unpaired) electrons. The van der Waals surface area contributed by atoms with Gasteiger partial charge < -0.3 is 34.6 Å². The molecule has 3 amide bonds. The monoisotopic (exact) mass is 625 g/mol. The molecular weight excluding hydrogens is 583 g/mol. The van der Waals surface area contributed by atoms with E-state index in [2.05, 4.69) is 15.6 Å². The van der Waals surface area contributed by atoms with Crippen LogP contribution < -0.4 is 10.6 Å². The molecule has 0 spiro atoms. The summed E-state index contributed by atoms with van der Waals surface area (Å²) in [7, 11) is 1.64. The summed E-state index contributed by atoms with van der Waals surface area (Å²) >= 11 is 0. The first kappa shape index (κ1) is 32.4. The number of alkyl halides is 3. The number of alkyl carbamates (subject to hydrolysis) is 1. The van der Waals surface area contributed by atoms with Crippen molar-refractivity contribution >= 4 is 17.9 Å². The number of methoxy groups -OCH3 is 1. The number of rotatable bonds is 6. The number of ether oxygens (including phenoxy) is 3. The van der Waals surface area contributed by atoms with Crippen molar-refractivity contribution in [3.8, 4) is 0 Å². The summed E-state index contributed by atoms with van der Waals surface area (Å²) in [6.45, 7) is 6.84. The molecule has 2 saturated heterocycles. The highest BCUT2D eigenvalue weighted by atomic mass is 19.4. The number of pyridine rings is 1. The van der Waals surface area contributed by atoms with Gasteiger partial charge in [0.15, 0.2) is 0 Å². The van der Waals surface area contributed by atoms with Gasteiger partial charge in [-0.15, -0.1) is 0 Å². The zero-order chi connectivity index (χ0) is 31.9. The van der Waals surface area contributed by atoms with Crippen LogP contribution in [0.2, 0.25) is 0 Å². The van der Waals surface area contributed by atoms with Crippen LogP contribution in [0.4, 0.5) is 18.0 Å². The number of fused-ring (bicyclic) bond motifs is 2. The molecule has 1 aromatic heterocycles. The van der Waals surface area contributed by atoms with E-state index < -0.39 is 28.8 Å². The maximum atomic E-state index is 14.4. The van der Waals surface area contributed by atoms with Gasteiger partial charge in [-0.3, -0.25) is 14.6 Å². The van der Waals surface area contributed by atoms with Crippen molar-refractivity contribution in [3.63, 3.8) is 0 Å². The van der Waals surface area contributed by atoms with E-state index in [1.54, 1.807) is 37.7 Å². The van der Waals surface area contributed by atoms with E-state index in [9.17, 15) is 27.6 Å². The third-order valence-corrected chi connectivity index (χ3v) is 9.15. The molecule has 2 N–H and O–H groups in total. The minimum atomic E-state index is -4.54. The minimum absolute atomic E-state index is 0.0163. The molecule has 0 aromatic carbocycles. The summed E-state index contributed by atoms with van der Waals surface area (Å²) in [5.74, 6) is -0.658. The van der Waals surface area contributed by atoms with Crippen LogP contribution in [0.25, 0.3) is 0 Å². The molecule has 244 valence electrons. The Morgan fingerprint density at radius 2 is 1.98 bits per heavy atom. The SMILES string of the molecule is COC1COCCC1NC1CC2CN(C(=O)CNC(=O)OC(C)(C)C)CC2(C(=O)N2CCc3ncc(C(F)(F)F)cc3C2)C1. The van der Waals surface area contributed by atoms with Gasteiger partial charge in [0.05, 0.1) is 23.7 Å². The molecular formula is C30H42F3N5O6. The molecule has 4 aliphatic rings. The smallest absolute Gasteiger partial charge is 0.417 e. The number of nitrogens with zero attached hydrogens (tertiary/aromatic N) is 3. The second-order valence-corrected chi connectivity index (χ2v) is 13.3. The summed E-state index contributed by atoms with van der Waals surface area (Å²) in [5.41, 5.74) is -1.53. The summed E-state index contributed by atoms with van der Waals surface area (Å²) in [6.07, 6.45) is -2.30. The number of hydrogen-bond donors (Lipinski definition) is 2. The first-order chi connectivity index (χ1) is 20.7. The van der Waals surface area contributed by atoms with E-state index in [1.807, 2.05) is 0 Å². The zero-order valence-corrected chi connectivity index (χ0v) is 25.7. The van der Waals surface area contributed by atoms with Gasteiger partial charge in [-0.2, -0.15) is 13.2 Å². The van der Waals surface area contributed by atoms with Crippen LogP contribution in [0.1, 0.15) is 56.9 Å². The number of aromatic nitrogens is 1. The molecule has 1 saturated carbocycles. The Labute approximate surface area is 255 Å². The second kappa shape index (κ2) is 12.4. The van der Waals surface area contributed by atoms with Gasteiger partial charge in [0.1, 0.15) is 12.1 Å². The summed E-state index contributed by atoms with van der Waals surface area (Å²) in [6, 6.07) is 1.12. The predicted molar refractivity (Wildman–Crippen MR) is 151 cm³/mol. The van der Waals surface area contributed by atoms with Crippen LogP contribution in [0.15, 0.2) is 12.3 Å². The fourth-order valence-corrected chi connectivity index (χ4v) is 7.10. The van der Waals surface area contributed by atoms with Gasteiger partial charge in [0.2, 0.25) is 11.8 Å². The Kier molecular flexibility index (Phi) is 9.16. The number of nitrogens with one attached hydrogen (secondary N) is 2. The molecule has 0 bridgehead atoms. The Bertz CT molecular complexity index is 1260. The summed E-state index contributed by atoms with van der Waals surface area (Å²) < 4.78 is 56.7. The standard InChI is InChI=1S/C30H42F3N5O6/c1-28(2,3)44-27(41)35-13-25(39)38-15-20-10-21(36-23-6-8-43-16-24(23)42-4)11-29(20,17-38)26(40)37-7-5-22-18(14-37)9-19(12-34-22)30(31,32)33/h9,12,20-21,23-24,36H,5-8,10-11,13-17H2,1-4H3,(H,35,41). The van der Waals surface area contributed by atoms with Crippen LogP contribution in [-0.4, -0.2) is 103 Å². The highest BCUT2D eigenvalue weighted by Crippen LogP contribution is 2.50. The lowest BCUT2D eigenvalue weighted by molar-refractivity contribution is -0.144. The topological polar surface area (TPSA) is 122 Å². The molecule has 44 heavy (non-hydrogen) atoms. The molecule has 3 aliphatic heterocycles. The fraction of sp³-hybridized carbons (Fsp3) is 0.733. The minimum Gasteiger partial charge on any atom is -0.444 e. The zero-order valence-electron chi connectivity index (χ0n) is 25.7. The van der Waals surface area contributed by atoms with Crippen molar-refractivity contribution < 1.29 is 41.8 Å². The van der Waals surface area contributed by atoms with E-state index >= 15 is 0 Å². The number of likely N-dealkylation sites (tertiary alicyclic amines) is 1. The van der Waals surface area contributed by atoms with Crippen LogP contribution in [0.5, 0.6) is 0 Å². The average Bonchev–Trinajstić information content (AvgIpc) is 3.49. The maximum Gasteiger partial charge on any atom is 0.417 e. The Hall–Kier alpha value is -2.97. The van der Waals surface area contributed by atoms with Gasteiger partial charge in [0, 0.05) is 70.3 Å². The molecule has 1 aliphatic carbocycles. The van der Waals surface area contributed by atoms with Crippen molar-refractivity contribution in [1.29, 1.82) is 0 Å². The van der Waals surface area contributed by atoms with Gasteiger partial charge in [-0.25, -0.2) is 4.79 Å². The van der Waals surface area contributed by atoms with E-state index in [-0.39, 0.29) is 55.6 Å². The highest BCUT2D eigenvalue weighted by molar-refractivity contribution is 5.88. The molecule has 5 rings (SSSR count). The van der Waals surface area contributed by atoms with Crippen molar-refractivity contribution in [2.45, 2.75) is 83.0 Å². The molecule has 4 heterocycles. The maximum absolute atomic E-state index is 14.4. The first-order valence-electron chi connectivity index (χ1n) is 15.1. The Morgan fingerprint density at radius 1 is 1.20 bits per heavy atom. The predicted octanol–water partition coefficient (Wildman–Crippen LogP) is 2.51. The molecule has 1 aromatic rings. The quantitative estimate of drug-likeness (QED) is 0.495. The van der Waals surface area contributed by atoms with Gasteiger partial charge >= 0.3 is 12.3 Å². The third-order valence-electron chi connectivity index (χ3n) is 9.15. The number of amides is 3. The lowest BCUT2D eigenvalue weighted by atomic mass is 9.78. The van der Waals surface area contributed by atoms with E-state index in [0.717, 1.165) is 18.7 Å². The lowest BCUT2D eigenvalue weighted by Gasteiger charge is -2.37. The van der Waals surface area contributed by atoms with Crippen molar-refractivity contribution in [2.24, 2.45) is 11.3 Å². The lowest BCUT2D eigenvalue weighted by Crippen LogP contribution is -2.52. The molecule has 11 nitrogen and oxygen atoms in total. The highest BCUT2D eigenvalue weighted by Gasteiger charge is 2.59. The van der Waals surface area contributed by atoms with Crippen LogP contribution in [0, 0.1) is 11.3 Å². The van der Waals surface area contributed by atoms with Crippen LogP contribution >= 0.6 is 0 Å². The van der Waals surface area contributed by atoms with E-state index in [1.165, 1.54) is 0 Å². The average molecular weight is 626 g/mol. The number of halogens is 3. The van der Waals surface area contributed by atoms with Gasteiger partial charge in [-0.05, 0) is 57.6 Å². The molecule has 5 atom stereocenters. The Balaban J connectivity index is 1.33. The normalized spacial score (nSPS) is 28.8. The number of carbonyl (C=O) groups is 3. The molecule has 14 heteroatoms. The summed E-state index contributed by atoms with van der Waals surface area (Å²) in [5, 5.41) is 6.19. The van der Waals surface area contributed by atoms with Crippen LogP contribution in [-0.2, 0) is 42.9 Å². The number of hydrogen-bond acceptors (Lipinski definition) is 8. The van der Waals surface area contributed by atoms with Crippen molar-refractivity contribution in [2.75, 3.05) is 46.5 Å². The van der Waals surface area contributed by atoms with E-state index in [4.69, 9.17) is 14.2 Å². The third kappa shape index (κ3) is 6.96. The van der Waals surface area contributed by atoms with E-state index in [0.29, 0.717) is 56.8 Å². The van der Waals surface area contributed by atoms with Crippen LogP contribution in [0.3, 0.4) is 0 Å². The number of carbonyl (C=O) groups excluding carboxylic acids is 3. The fourth-order valence-electron chi connectivity index (χ4n) is 7.10. The summed E-state index contributed by atoms with van der Waals surface area (Å²) in [4.78, 5) is 47.1. The van der Waals surface area contributed by atoms with Gasteiger partial charge in [-0.1, -0.05) is 0 Å². The van der Waals surface area contributed by atoms with Crippen molar-refractivity contribution in [3.05, 3.63) is 29.1 Å². The Morgan fingerprint density at radius 3 is 2.68 bits per heavy atom. The van der Waals surface area contributed by atoms with Crippen molar-refractivity contribution in [1.82, 2.24) is 25.4 Å².